The Morgan fingerprint density at radius 2 is 1.73 bits per heavy atom. The summed E-state index contributed by atoms with van der Waals surface area (Å²) >= 11 is 1.57. The SMILES string of the molecule is CN1CCN(C(=O)c2ccc3c(c2)sc2nc(-c4ccc(NC(=O)Nc5cc(C(C)(C)C)on5)cc4)cn23)CC1. The lowest BCUT2D eigenvalue weighted by atomic mass is 9.93. The molecule has 2 N–H and O–H groups in total. The van der Waals surface area contributed by atoms with E-state index >= 15 is 0 Å². The third-order valence-corrected chi connectivity index (χ3v) is 8.08. The number of amides is 3. The highest BCUT2D eigenvalue weighted by Crippen LogP contribution is 2.31. The van der Waals surface area contributed by atoms with Crippen LogP contribution in [0.4, 0.5) is 16.3 Å². The van der Waals surface area contributed by atoms with Crippen LogP contribution in [0.15, 0.2) is 59.3 Å². The number of nitrogens with one attached hydrogen (secondary N) is 2. The van der Waals surface area contributed by atoms with Crippen LogP contribution in [0.1, 0.15) is 36.9 Å². The number of fused-ring (bicyclic) bond motifs is 3. The first kappa shape index (κ1) is 26.0. The number of carbonyl (C=O) groups excluding carboxylic acids is 2. The summed E-state index contributed by atoms with van der Waals surface area (Å²) in [5.74, 6) is 1.14. The highest BCUT2D eigenvalue weighted by atomic mass is 32.1. The van der Waals surface area contributed by atoms with Gasteiger partial charge in [-0.1, -0.05) is 49.4 Å². The number of urea groups is 1. The molecule has 11 heteroatoms. The fraction of sp³-hybridized carbons (Fsp3) is 0.310. The topological polar surface area (TPSA) is 108 Å². The molecule has 0 radical (unpaired) electrons. The van der Waals surface area contributed by atoms with Crippen LogP contribution in [0.5, 0.6) is 0 Å². The number of imidazole rings is 1. The zero-order chi connectivity index (χ0) is 28.0. The molecule has 2 aromatic carbocycles. The smallest absolute Gasteiger partial charge is 0.324 e. The lowest BCUT2D eigenvalue weighted by molar-refractivity contribution is 0.0664. The van der Waals surface area contributed by atoms with Crippen LogP contribution >= 0.6 is 11.3 Å². The Bertz CT molecular complexity index is 1700. The summed E-state index contributed by atoms with van der Waals surface area (Å²) in [7, 11) is 2.08. The summed E-state index contributed by atoms with van der Waals surface area (Å²) in [4.78, 5) is 35.3. The molecule has 40 heavy (non-hydrogen) atoms. The van der Waals surface area contributed by atoms with Crippen LogP contribution in [0.2, 0.25) is 0 Å². The lowest BCUT2D eigenvalue weighted by Crippen LogP contribution is -2.47. The molecule has 206 valence electrons. The second kappa shape index (κ2) is 10.1. The Hall–Kier alpha value is -4.22. The number of aromatic nitrogens is 3. The van der Waals surface area contributed by atoms with Gasteiger partial charge in [0, 0.05) is 60.7 Å². The van der Waals surface area contributed by atoms with Crippen LogP contribution in [0.25, 0.3) is 26.4 Å². The monoisotopic (exact) mass is 557 g/mol. The number of rotatable bonds is 4. The molecule has 0 bridgehead atoms. The first-order valence-corrected chi connectivity index (χ1v) is 14.0. The number of carbonyl (C=O) groups is 2. The fourth-order valence-electron chi connectivity index (χ4n) is 4.66. The van der Waals surface area contributed by atoms with Crippen LogP contribution in [-0.4, -0.2) is 69.5 Å². The Labute approximate surface area is 235 Å². The first-order chi connectivity index (χ1) is 19.1. The van der Waals surface area contributed by atoms with Gasteiger partial charge in [-0.15, -0.1) is 0 Å². The quantitative estimate of drug-likeness (QED) is 0.301. The van der Waals surface area contributed by atoms with E-state index in [4.69, 9.17) is 9.51 Å². The van der Waals surface area contributed by atoms with Crippen molar-refractivity contribution in [3.05, 3.63) is 66.1 Å². The maximum absolute atomic E-state index is 13.0. The van der Waals surface area contributed by atoms with E-state index in [0.717, 1.165) is 52.6 Å². The van der Waals surface area contributed by atoms with Crippen LogP contribution < -0.4 is 10.6 Å². The summed E-state index contributed by atoms with van der Waals surface area (Å²) in [5, 5.41) is 9.43. The molecule has 3 amide bonds. The molecule has 6 rings (SSSR count). The summed E-state index contributed by atoms with van der Waals surface area (Å²) in [5.41, 5.74) is 3.95. The summed E-state index contributed by atoms with van der Waals surface area (Å²) in [6, 6.07) is 14.7. The van der Waals surface area contributed by atoms with Gasteiger partial charge < -0.3 is 19.6 Å². The Morgan fingerprint density at radius 3 is 2.42 bits per heavy atom. The van der Waals surface area contributed by atoms with Crippen LogP contribution in [0, 0.1) is 0 Å². The van der Waals surface area contributed by atoms with Crippen molar-refractivity contribution in [2.45, 2.75) is 26.2 Å². The largest absolute Gasteiger partial charge is 0.359 e. The maximum Gasteiger partial charge on any atom is 0.324 e. The standard InChI is InChI=1S/C29H31N7O3S/c1-29(2,3)24-16-25(33-39-24)32-27(38)30-20-8-5-18(6-9-20)21-17-36-22-10-7-19(15-23(22)40-28(36)31-21)26(37)35-13-11-34(4)12-14-35/h5-10,15-17H,11-14H2,1-4H3,(H2,30,32,33,38). The number of nitrogens with zero attached hydrogens (tertiary/aromatic N) is 5. The Morgan fingerprint density at radius 1 is 0.975 bits per heavy atom. The highest BCUT2D eigenvalue weighted by molar-refractivity contribution is 7.23. The van der Waals surface area contributed by atoms with Crippen molar-refractivity contribution in [1.82, 2.24) is 24.3 Å². The number of anilines is 2. The summed E-state index contributed by atoms with van der Waals surface area (Å²) < 4.78 is 8.40. The minimum absolute atomic E-state index is 0.0831. The molecule has 0 saturated carbocycles. The molecule has 10 nitrogen and oxygen atoms in total. The van der Waals surface area contributed by atoms with Gasteiger partial charge in [0.25, 0.3) is 5.91 Å². The molecular formula is C29H31N7O3S. The van der Waals surface area contributed by atoms with Crippen molar-refractivity contribution in [1.29, 1.82) is 0 Å². The predicted octanol–water partition coefficient (Wildman–Crippen LogP) is 5.53. The van der Waals surface area contributed by atoms with E-state index in [2.05, 4.69) is 32.1 Å². The average molecular weight is 558 g/mol. The third-order valence-electron chi connectivity index (χ3n) is 7.06. The van der Waals surface area contributed by atoms with Crippen molar-refractivity contribution in [2.24, 2.45) is 0 Å². The molecule has 0 aliphatic carbocycles. The maximum atomic E-state index is 13.0. The molecule has 4 heterocycles. The van der Waals surface area contributed by atoms with E-state index in [0.29, 0.717) is 22.8 Å². The lowest BCUT2D eigenvalue weighted by Gasteiger charge is -2.32. The van der Waals surface area contributed by atoms with Gasteiger partial charge in [0.1, 0.15) is 5.76 Å². The number of thiazole rings is 1. The summed E-state index contributed by atoms with van der Waals surface area (Å²) in [6.07, 6.45) is 2.00. The minimum atomic E-state index is -0.402. The molecule has 0 atom stereocenters. The molecule has 1 aliphatic heterocycles. The van der Waals surface area contributed by atoms with Crippen molar-refractivity contribution in [3.8, 4) is 11.3 Å². The average Bonchev–Trinajstić information content (AvgIpc) is 3.64. The Balaban J connectivity index is 1.14. The van der Waals surface area contributed by atoms with Crippen molar-refractivity contribution in [3.63, 3.8) is 0 Å². The van der Waals surface area contributed by atoms with Gasteiger partial charge >= 0.3 is 6.03 Å². The van der Waals surface area contributed by atoms with Gasteiger partial charge in [0.2, 0.25) is 0 Å². The first-order valence-electron chi connectivity index (χ1n) is 13.2. The number of likely N-dealkylation sites (N-methyl/N-ethyl adjacent to an activating group) is 1. The second-order valence-electron chi connectivity index (χ2n) is 11.1. The van der Waals surface area contributed by atoms with Gasteiger partial charge in [0.15, 0.2) is 10.8 Å². The third kappa shape index (κ3) is 5.17. The molecular weight excluding hydrogens is 526 g/mol. The number of piperazine rings is 1. The molecule has 1 aliphatic rings. The Kier molecular flexibility index (Phi) is 6.55. The van der Waals surface area contributed by atoms with Gasteiger partial charge in [-0.2, -0.15) is 0 Å². The van der Waals surface area contributed by atoms with E-state index in [1.807, 2.05) is 74.3 Å². The van der Waals surface area contributed by atoms with E-state index in [1.54, 1.807) is 17.4 Å². The number of benzene rings is 2. The molecule has 1 saturated heterocycles. The fourth-order valence-corrected chi connectivity index (χ4v) is 5.70. The predicted molar refractivity (Wildman–Crippen MR) is 157 cm³/mol. The second-order valence-corrected chi connectivity index (χ2v) is 12.2. The van der Waals surface area contributed by atoms with Gasteiger partial charge in [-0.3, -0.25) is 14.5 Å². The molecule has 5 aromatic rings. The van der Waals surface area contributed by atoms with Crippen LogP contribution in [-0.2, 0) is 5.41 Å². The van der Waals surface area contributed by atoms with Crippen molar-refractivity contribution < 1.29 is 14.1 Å². The highest BCUT2D eigenvalue weighted by Gasteiger charge is 2.22. The van der Waals surface area contributed by atoms with Crippen molar-refractivity contribution in [2.75, 3.05) is 43.9 Å². The molecule has 0 unspecified atom stereocenters. The van der Waals surface area contributed by atoms with Crippen molar-refractivity contribution >= 4 is 50.0 Å². The zero-order valence-corrected chi connectivity index (χ0v) is 23.7. The molecule has 3 aromatic heterocycles. The number of hydrogen-bond donors (Lipinski definition) is 2. The minimum Gasteiger partial charge on any atom is -0.359 e. The van der Waals surface area contributed by atoms with Gasteiger partial charge in [-0.05, 0) is 37.4 Å². The zero-order valence-electron chi connectivity index (χ0n) is 22.9. The summed E-state index contributed by atoms with van der Waals surface area (Å²) in [6.45, 7) is 9.34. The normalized spacial score (nSPS) is 14.7. The van der Waals surface area contributed by atoms with E-state index in [1.165, 1.54) is 0 Å². The van der Waals surface area contributed by atoms with E-state index < -0.39 is 6.03 Å². The molecule has 0 spiro atoms. The van der Waals surface area contributed by atoms with Gasteiger partial charge in [-0.25, -0.2) is 9.78 Å². The number of hydrogen-bond acceptors (Lipinski definition) is 7. The van der Waals surface area contributed by atoms with Crippen LogP contribution in [0.3, 0.4) is 0 Å². The van der Waals surface area contributed by atoms with E-state index in [-0.39, 0.29) is 11.3 Å². The van der Waals surface area contributed by atoms with Gasteiger partial charge in [0.05, 0.1) is 15.9 Å². The van der Waals surface area contributed by atoms with E-state index in [9.17, 15) is 9.59 Å². The molecule has 1 fully saturated rings.